The number of hydrogen-bond acceptors (Lipinski definition) is 2. The number of nitrogens with zero attached hydrogens (tertiary/aromatic N) is 3. The Morgan fingerprint density at radius 2 is 2.50 bits per heavy atom. The van der Waals surface area contributed by atoms with Gasteiger partial charge in [-0.25, -0.2) is 4.52 Å². The Bertz CT molecular complexity index is 355. The van der Waals surface area contributed by atoms with Crippen LogP contribution in [-0.2, 0) is 0 Å². The lowest BCUT2D eigenvalue weighted by atomic mass is 10.3. The van der Waals surface area contributed by atoms with Gasteiger partial charge in [-0.15, -0.1) is 4.86 Å². The van der Waals surface area contributed by atoms with Crippen LogP contribution >= 0.6 is 8.51 Å². The highest BCUT2D eigenvalue weighted by Gasteiger charge is 1.95. The van der Waals surface area contributed by atoms with Gasteiger partial charge in [0.25, 0.3) is 0 Å². The van der Waals surface area contributed by atoms with Crippen molar-refractivity contribution in [1.29, 1.82) is 0 Å². The molecular formula is C6H6N3P. The molecule has 0 amide bonds. The van der Waals surface area contributed by atoms with Crippen molar-refractivity contribution in [3.63, 3.8) is 0 Å². The van der Waals surface area contributed by atoms with Crippen molar-refractivity contribution < 1.29 is 0 Å². The van der Waals surface area contributed by atoms with Crippen molar-refractivity contribution in [1.82, 2.24) is 14.1 Å². The zero-order valence-corrected chi connectivity index (χ0v) is 6.42. The molecule has 3 nitrogen and oxygen atoms in total. The van der Waals surface area contributed by atoms with Crippen LogP contribution in [0.15, 0.2) is 18.3 Å². The highest BCUT2D eigenvalue weighted by atomic mass is 31.1. The molecule has 0 atom stereocenters. The van der Waals surface area contributed by atoms with E-state index in [-0.39, 0.29) is 0 Å². The van der Waals surface area contributed by atoms with E-state index in [4.69, 9.17) is 0 Å². The second-order valence-electron chi connectivity index (χ2n) is 2.14. The molecule has 0 bridgehead atoms. The number of rotatable bonds is 0. The lowest BCUT2D eigenvalue weighted by Gasteiger charge is -1.91. The molecule has 0 aromatic carbocycles. The Balaban J connectivity index is 2.95. The minimum Gasteiger partial charge on any atom is -0.217 e. The van der Waals surface area contributed by atoms with Crippen LogP contribution in [0.25, 0.3) is 5.65 Å². The third-order valence-corrected chi connectivity index (χ3v) is 1.97. The Labute approximate surface area is 59.9 Å². The van der Waals surface area contributed by atoms with E-state index < -0.39 is 0 Å². The van der Waals surface area contributed by atoms with Gasteiger partial charge >= 0.3 is 0 Å². The number of hydrogen-bond donors (Lipinski definition) is 0. The van der Waals surface area contributed by atoms with Crippen LogP contribution in [0.4, 0.5) is 0 Å². The average Bonchev–Trinajstić information content (AvgIpc) is 2.36. The molecule has 2 aromatic rings. The molecule has 0 saturated carbocycles. The van der Waals surface area contributed by atoms with Crippen LogP contribution in [-0.4, -0.2) is 14.1 Å². The van der Waals surface area contributed by atoms with E-state index in [0.717, 1.165) is 14.2 Å². The standard InChI is InChI=1S/C6H6N3P/c1-5-3-2-4-9-6(5)7-10-8-9/h2-4H,1H3. The Hall–Kier alpha value is -0.950. The van der Waals surface area contributed by atoms with Crippen molar-refractivity contribution in [2.45, 2.75) is 6.92 Å². The third-order valence-electron chi connectivity index (χ3n) is 1.42. The molecule has 2 rings (SSSR count). The second-order valence-corrected chi connectivity index (χ2v) is 2.70. The zero-order chi connectivity index (χ0) is 6.97. The van der Waals surface area contributed by atoms with Gasteiger partial charge in [-0.05, 0) is 18.6 Å². The molecule has 50 valence electrons. The van der Waals surface area contributed by atoms with Gasteiger partial charge in [-0.1, -0.05) is 6.07 Å². The Kier molecular flexibility index (Phi) is 1.18. The van der Waals surface area contributed by atoms with E-state index in [9.17, 15) is 0 Å². The van der Waals surface area contributed by atoms with Crippen LogP contribution in [0.5, 0.6) is 0 Å². The zero-order valence-electron chi connectivity index (χ0n) is 5.52. The summed E-state index contributed by atoms with van der Waals surface area (Å²) in [5.74, 6) is 0. The number of aromatic nitrogens is 3. The molecule has 2 heterocycles. The summed E-state index contributed by atoms with van der Waals surface area (Å²) in [5, 5.41) is 0. The minimum atomic E-state index is 0.793. The van der Waals surface area contributed by atoms with Crippen LogP contribution in [0.1, 0.15) is 5.56 Å². The number of fused-ring (bicyclic) bond motifs is 1. The van der Waals surface area contributed by atoms with Crippen molar-refractivity contribution in [2.75, 3.05) is 0 Å². The highest BCUT2D eigenvalue weighted by Crippen LogP contribution is 2.07. The summed E-state index contributed by atoms with van der Waals surface area (Å²) in [7, 11) is 0.793. The number of pyridine rings is 1. The van der Waals surface area contributed by atoms with Gasteiger partial charge < -0.3 is 0 Å². The quantitative estimate of drug-likeness (QED) is 0.572. The average molecular weight is 151 g/mol. The van der Waals surface area contributed by atoms with Crippen LogP contribution in [0.2, 0.25) is 0 Å². The third kappa shape index (κ3) is 0.711. The molecular weight excluding hydrogens is 145 g/mol. The first kappa shape index (κ1) is 5.81. The summed E-state index contributed by atoms with van der Waals surface area (Å²) in [6.07, 6.45) is 1.91. The van der Waals surface area contributed by atoms with E-state index in [1.54, 1.807) is 4.52 Å². The Morgan fingerprint density at radius 3 is 3.30 bits per heavy atom. The summed E-state index contributed by atoms with van der Waals surface area (Å²) in [6.45, 7) is 2.03. The van der Waals surface area contributed by atoms with Crippen molar-refractivity contribution in [3.8, 4) is 0 Å². The summed E-state index contributed by atoms with van der Waals surface area (Å²) in [5.41, 5.74) is 2.15. The molecule has 0 radical (unpaired) electrons. The van der Waals surface area contributed by atoms with Crippen molar-refractivity contribution >= 4 is 14.2 Å². The first-order chi connectivity index (χ1) is 4.88. The van der Waals surface area contributed by atoms with Crippen LogP contribution in [0, 0.1) is 6.92 Å². The molecule has 0 spiro atoms. The second kappa shape index (κ2) is 2.03. The molecule has 0 N–H and O–H groups in total. The predicted octanol–water partition coefficient (Wildman–Crippen LogP) is 1.62. The van der Waals surface area contributed by atoms with E-state index in [2.05, 4.69) is 9.61 Å². The molecule has 0 aliphatic rings. The molecule has 10 heavy (non-hydrogen) atoms. The fourth-order valence-corrected chi connectivity index (χ4v) is 1.50. The summed E-state index contributed by atoms with van der Waals surface area (Å²) >= 11 is 0. The van der Waals surface area contributed by atoms with E-state index in [1.807, 2.05) is 25.3 Å². The minimum absolute atomic E-state index is 0.793. The topological polar surface area (TPSA) is 30.2 Å². The highest BCUT2D eigenvalue weighted by molar-refractivity contribution is 7.20. The van der Waals surface area contributed by atoms with Crippen LogP contribution < -0.4 is 0 Å². The molecule has 0 fully saturated rings. The summed E-state index contributed by atoms with van der Waals surface area (Å²) in [6, 6.07) is 4.00. The molecule has 0 unspecified atom stereocenters. The maximum Gasteiger partial charge on any atom is 0.178 e. The molecule has 0 aliphatic carbocycles. The van der Waals surface area contributed by atoms with Gasteiger partial charge in [0.05, 0.1) is 0 Å². The summed E-state index contributed by atoms with van der Waals surface area (Å²) in [4.78, 5) is 4.08. The molecule has 4 heteroatoms. The van der Waals surface area contributed by atoms with Gasteiger partial charge in [0, 0.05) is 6.20 Å². The van der Waals surface area contributed by atoms with Crippen LogP contribution in [0.3, 0.4) is 0 Å². The first-order valence-electron chi connectivity index (χ1n) is 3.01. The van der Waals surface area contributed by atoms with Crippen molar-refractivity contribution in [3.05, 3.63) is 23.9 Å². The van der Waals surface area contributed by atoms with E-state index >= 15 is 0 Å². The Morgan fingerprint density at radius 1 is 1.60 bits per heavy atom. The van der Waals surface area contributed by atoms with E-state index in [1.165, 1.54) is 5.56 Å². The smallest absolute Gasteiger partial charge is 0.178 e. The SMILES string of the molecule is Cc1cccn2npnc12. The number of aryl methyl sites for hydroxylation is 1. The molecule has 0 aliphatic heterocycles. The molecule has 2 aromatic heterocycles. The van der Waals surface area contributed by atoms with Crippen molar-refractivity contribution in [2.24, 2.45) is 0 Å². The predicted molar refractivity (Wildman–Crippen MR) is 40.2 cm³/mol. The lowest BCUT2D eigenvalue weighted by Crippen LogP contribution is -1.86. The largest absolute Gasteiger partial charge is 0.217 e. The fraction of sp³-hybridized carbons (Fsp3) is 0.167. The van der Waals surface area contributed by atoms with Gasteiger partial charge in [0.1, 0.15) is 0 Å². The van der Waals surface area contributed by atoms with Gasteiger partial charge in [0.15, 0.2) is 14.2 Å². The first-order valence-corrected chi connectivity index (χ1v) is 3.81. The normalized spacial score (nSPS) is 11.3. The molecule has 0 saturated heterocycles. The maximum atomic E-state index is 4.17. The van der Waals surface area contributed by atoms with Gasteiger partial charge in [0.2, 0.25) is 0 Å². The monoisotopic (exact) mass is 151 g/mol. The van der Waals surface area contributed by atoms with E-state index in [0.29, 0.717) is 0 Å². The maximum absolute atomic E-state index is 4.17. The summed E-state index contributed by atoms with van der Waals surface area (Å²) < 4.78 is 5.97. The fourth-order valence-electron chi connectivity index (χ4n) is 0.897. The van der Waals surface area contributed by atoms with Gasteiger partial charge in [-0.2, -0.15) is 4.75 Å². The lowest BCUT2D eigenvalue weighted by molar-refractivity contribution is 0.995. The van der Waals surface area contributed by atoms with Gasteiger partial charge in [-0.3, -0.25) is 0 Å².